The average molecular weight is 321 g/mol. The lowest BCUT2D eigenvalue weighted by Crippen LogP contribution is -2.40. The van der Waals surface area contributed by atoms with Crippen LogP contribution in [0.4, 0.5) is 0 Å². The largest absolute Gasteiger partial charge is 0.365 e. The summed E-state index contributed by atoms with van der Waals surface area (Å²) in [5.74, 6) is 0.00824. The zero-order chi connectivity index (χ0) is 17.0. The summed E-state index contributed by atoms with van der Waals surface area (Å²) in [6.07, 6.45) is 6.08. The van der Waals surface area contributed by atoms with Crippen LogP contribution in [0.15, 0.2) is 0 Å². The predicted octanol–water partition coefficient (Wildman–Crippen LogP) is 3.34. The maximum absolute atomic E-state index is 12.7. The highest BCUT2D eigenvalue weighted by molar-refractivity contribution is 5.81. The second kappa shape index (κ2) is 7.95. The molecule has 1 fully saturated rings. The molecule has 2 atom stereocenters. The van der Waals surface area contributed by atoms with Crippen molar-refractivity contribution in [3.63, 3.8) is 0 Å². The summed E-state index contributed by atoms with van der Waals surface area (Å²) in [5, 5.41) is 7.65. The first-order valence-corrected chi connectivity index (χ1v) is 8.93. The predicted molar refractivity (Wildman–Crippen MR) is 91.3 cm³/mol. The highest BCUT2D eigenvalue weighted by atomic mass is 16.5. The lowest BCUT2D eigenvalue weighted by Gasteiger charge is -2.24. The van der Waals surface area contributed by atoms with Gasteiger partial charge in [-0.2, -0.15) is 5.10 Å². The Morgan fingerprint density at radius 3 is 2.43 bits per heavy atom. The summed E-state index contributed by atoms with van der Waals surface area (Å²) in [6, 6.07) is -0.00238. The van der Waals surface area contributed by atoms with Gasteiger partial charge >= 0.3 is 0 Å². The molecule has 5 nitrogen and oxygen atoms in total. The lowest BCUT2D eigenvalue weighted by molar-refractivity contribution is -0.137. The van der Waals surface area contributed by atoms with E-state index in [9.17, 15) is 4.79 Å². The minimum absolute atomic E-state index is 0.00238. The molecule has 0 radical (unpaired) electrons. The third kappa shape index (κ3) is 4.14. The second-order valence-corrected chi connectivity index (χ2v) is 6.62. The molecule has 1 aliphatic carbocycles. The monoisotopic (exact) mass is 321 g/mol. The summed E-state index contributed by atoms with van der Waals surface area (Å²) < 4.78 is 7.92. The number of aryl methyl sites for hydroxylation is 2. The lowest BCUT2D eigenvalue weighted by atomic mass is 10.0. The minimum atomic E-state index is -0.343. The molecule has 1 N–H and O–H groups in total. The van der Waals surface area contributed by atoms with Crippen molar-refractivity contribution in [1.82, 2.24) is 15.1 Å². The Morgan fingerprint density at radius 2 is 1.96 bits per heavy atom. The van der Waals surface area contributed by atoms with E-state index in [4.69, 9.17) is 4.74 Å². The maximum Gasteiger partial charge on any atom is 0.249 e. The summed E-state index contributed by atoms with van der Waals surface area (Å²) in [5.41, 5.74) is 3.24. The van der Waals surface area contributed by atoms with E-state index in [-0.39, 0.29) is 24.2 Å². The van der Waals surface area contributed by atoms with Gasteiger partial charge in [0.2, 0.25) is 5.91 Å². The first kappa shape index (κ1) is 18.0. The molecule has 1 heterocycles. The van der Waals surface area contributed by atoms with Gasteiger partial charge in [0.05, 0.1) is 17.8 Å². The minimum Gasteiger partial charge on any atom is -0.365 e. The Morgan fingerprint density at radius 1 is 1.30 bits per heavy atom. The number of nitrogens with one attached hydrogen (secondary N) is 1. The maximum atomic E-state index is 12.7. The van der Waals surface area contributed by atoms with Crippen molar-refractivity contribution in [2.45, 2.75) is 84.5 Å². The number of ether oxygens (including phenoxy) is 1. The van der Waals surface area contributed by atoms with Crippen LogP contribution in [0.2, 0.25) is 0 Å². The number of carbonyl (C=O) groups is 1. The van der Waals surface area contributed by atoms with Gasteiger partial charge in [-0.1, -0.05) is 26.7 Å². The van der Waals surface area contributed by atoms with Crippen LogP contribution in [-0.2, 0) is 16.6 Å². The van der Waals surface area contributed by atoms with Crippen LogP contribution in [0.5, 0.6) is 0 Å². The molecule has 1 aliphatic rings. The summed E-state index contributed by atoms with van der Waals surface area (Å²) in [4.78, 5) is 12.7. The number of nitrogens with zero attached hydrogens (tertiary/aromatic N) is 2. The number of carbonyl (C=O) groups excluding carboxylic acids is 1. The van der Waals surface area contributed by atoms with Crippen LogP contribution in [0.3, 0.4) is 0 Å². The highest BCUT2D eigenvalue weighted by Crippen LogP contribution is 2.26. The van der Waals surface area contributed by atoms with Crippen LogP contribution < -0.4 is 5.32 Å². The molecule has 1 amide bonds. The van der Waals surface area contributed by atoms with E-state index in [1.807, 2.05) is 25.6 Å². The fourth-order valence-electron chi connectivity index (χ4n) is 3.54. The fraction of sp³-hybridized carbons (Fsp3) is 0.778. The molecule has 0 spiro atoms. The quantitative estimate of drug-likeness (QED) is 0.838. The Balaban J connectivity index is 2.05. The van der Waals surface area contributed by atoms with Crippen molar-refractivity contribution in [3.8, 4) is 0 Å². The van der Waals surface area contributed by atoms with E-state index in [1.165, 1.54) is 12.8 Å². The molecule has 0 bridgehead atoms. The van der Waals surface area contributed by atoms with Crippen LogP contribution in [0.1, 0.15) is 75.4 Å². The Bertz CT molecular complexity index is 533. The standard InChI is InChI=1S/C18H31N3O2/c1-6-15(17-12(3)20-21(5)13(17)4)19-18(22)16(7-2)23-14-10-8-9-11-14/h14-16H,6-11H2,1-5H3,(H,19,22)/t15-,16+/m1/s1. The topological polar surface area (TPSA) is 56.1 Å². The normalized spacial score (nSPS) is 18.1. The molecule has 2 rings (SSSR count). The number of hydrogen-bond donors (Lipinski definition) is 1. The molecule has 1 aromatic heterocycles. The second-order valence-electron chi connectivity index (χ2n) is 6.62. The van der Waals surface area contributed by atoms with Gasteiger partial charge in [-0.3, -0.25) is 9.48 Å². The van der Waals surface area contributed by atoms with Gasteiger partial charge in [0.15, 0.2) is 0 Å². The van der Waals surface area contributed by atoms with Crippen molar-refractivity contribution >= 4 is 5.91 Å². The number of amides is 1. The van der Waals surface area contributed by atoms with Crippen LogP contribution >= 0.6 is 0 Å². The van der Waals surface area contributed by atoms with Crippen LogP contribution in [-0.4, -0.2) is 27.9 Å². The number of rotatable bonds is 7. The summed E-state index contributed by atoms with van der Waals surface area (Å²) in [6.45, 7) is 8.16. The van der Waals surface area contributed by atoms with Gasteiger partial charge < -0.3 is 10.1 Å². The van der Waals surface area contributed by atoms with Gasteiger partial charge in [-0.15, -0.1) is 0 Å². The third-order valence-corrected chi connectivity index (χ3v) is 4.96. The first-order valence-electron chi connectivity index (χ1n) is 8.93. The average Bonchev–Trinajstić information content (AvgIpc) is 3.12. The Labute approximate surface area is 139 Å². The van der Waals surface area contributed by atoms with E-state index in [0.717, 1.165) is 36.2 Å². The number of aromatic nitrogens is 2. The van der Waals surface area contributed by atoms with Crippen LogP contribution in [0, 0.1) is 13.8 Å². The summed E-state index contributed by atoms with van der Waals surface area (Å²) >= 11 is 0. The molecule has 1 aromatic rings. The van der Waals surface area contributed by atoms with E-state index in [1.54, 1.807) is 0 Å². The van der Waals surface area contributed by atoms with Crippen molar-refractivity contribution in [2.24, 2.45) is 7.05 Å². The van der Waals surface area contributed by atoms with Crippen molar-refractivity contribution in [3.05, 3.63) is 17.0 Å². The molecule has 0 saturated heterocycles. The molecular weight excluding hydrogens is 290 g/mol. The molecular formula is C18H31N3O2. The number of hydrogen-bond acceptors (Lipinski definition) is 3. The molecule has 0 unspecified atom stereocenters. The van der Waals surface area contributed by atoms with Crippen LogP contribution in [0.25, 0.3) is 0 Å². The van der Waals surface area contributed by atoms with Gasteiger partial charge in [-0.25, -0.2) is 0 Å². The molecule has 23 heavy (non-hydrogen) atoms. The molecule has 0 aliphatic heterocycles. The van der Waals surface area contributed by atoms with Crippen molar-refractivity contribution < 1.29 is 9.53 Å². The van der Waals surface area contributed by atoms with Gasteiger partial charge in [0, 0.05) is 18.3 Å². The van der Waals surface area contributed by atoms with E-state index < -0.39 is 0 Å². The zero-order valence-corrected chi connectivity index (χ0v) is 15.2. The smallest absolute Gasteiger partial charge is 0.249 e. The van der Waals surface area contributed by atoms with Gasteiger partial charge in [-0.05, 0) is 39.5 Å². The molecule has 5 heteroatoms. The summed E-state index contributed by atoms with van der Waals surface area (Å²) in [7, 11) is 1.94. The molecule has 130 valence electrons. The zero-order valence-electron chi connectivity index (χ0n) is 15.2. The Hall–Kier alpha value is -1.36. The fourth-order valence-corrected chi connectivity index (χ4v) is 3.54. The highest BCUT2D eigenvalue weighted by Gasteiger charge is 2.27. The Kier molecular flexibility index (Phi) is 6.22. The van der Waals surface area contributed by atoms with E-state index >= 15 is 0 Å². The third-order valence-electron chi connectivity index (χ3n) is 4.96. The van der Waals surface area contributed by atoms with Crippen molar-refractivity contribution in [1.29, 1.82) is 0 Å². The van der Waals surface area contributed by atoms with Crippen molar-refractivity contribution in [2.75, 3.05) is 0 Å². The molecule has 1 saturated carbocycles. The van der Waals surface area contributed by atoms with E-state index in [2.05, 4.69) is 24.3 Å². The van der Waals surface area contributed by atoms with Gasteiger partial charge in [0.25, 0.3) is 0 Å². The first-order chi connectivity index (χ1) is 11.0. The SMILES string of the molecule is CC[C@H](OC1CCCC1)C(=O)N[C@H](CC)c1c(C)nn(C)c1C. The molecule has 0 aromatic carbocycles. The van der Waals surface area contributed by atoms with Gasteiger partial charge in [0.1, 0.15) is 6.10 Å². The van der Waals surface area contributed by atoms with E-state index in [0.29, 0.717) is 6.42 Å².